The molecule has 0 saturated carbocycles. The molecule has 4 nitrogen and oxygen atoms in total. The summed E-state index contributed by atoms with van der Waals surface area (Å²) in [6.45, 7) is 0. The first kappa shape index (κ1) is 16.2. The lowest BCUT2D eigenvalue weighted by atomic mass is 9.99. The van der Waals surface area contributed by atoms with Gasteiger partial charge < -0.3 is 9.84 Å². The number of benzene rings is 1. The first-order valence-electron chi connectivity index (χ1n) is 7.05. The zero-order chi connectivity index (χ0) is 17.3. The number of fused-ring (bicyclic) bond motifs is 1. The molecule has 3 aromatic rings. The van der Waals surface area contributed by atoms with Gasteiger partial charge in [-0.2, -0.15) is 13.2 Å². The SMILES string of the molecule is COc1ccc2nc(C(F)(F)F)cc(C(O)c3ccccn3)c2c1. The summed E-state index contributed by atoms with van der Waals surface area (Å²) >= 11 is 0. The molecule has 1 atom stereocenters. The number of nitrogens with zero attached hydrogens (tertiary/aromatic N) is 2. The lowest BCUT2D eigenvalue weighted by molar-refractivity contribution is -0.141. The summed E-state index contributed by atoms with van der Waals surface area (Å²) in [5.41, 5.74) is -0.619. The molecule has 1 unspecified atom stereocenters. The van der Waals surface area contributed by atoms with Gasteiger partial charge in [0, 0.05) is 11.6 Å². The molecule has 0 aliphatic rings. The fourth-order valence-electron chi connectivity index (χ4n) is 2.43. The Bertz CT molecular complexity index is 867. The number of aliphatic hydroxyl groups excluding tert-OH is 1. The molecule has 24 heavy (non-hydrogen) atoms. The predicted molar refractivity (Wildman–Crippen MR) is 81.6 cm³/mol. The highest BCUT2D eigenvalue weighted by molar-refractivity contribution is 5.84. The Labute approximate surface area is 135 Å². The average molecular weight is 334 g/mol. The second kappa shape index (κ2) is 6.09. The first-order valence-corrected chi connectivity index (χ1v) is 7.05. The maximum Gasteiger partial charge on any atom is 0.433 e. The van der Waals surface area contributed by atoms with Crippen molar-refractivity contribution in [2.45, 2.75) is 12.3 Å². The highest BCUT2D eigenvalue weighted by Crippen LogP contribution is 2.35. The topological polar surface area (TPSA) is 55.2 Å². The highest BCUT2D eigenvalue weighted by Gasteiger charge is 2.34. The summed E-state index contributed by atoms with van der Waals surface area (Å²) in [7, 11) is 1.45. The van der Waals surface area contributed by atoms with Crippen molar-refractivity contribution in [3.8, 4) is 5.75 Å². The van der Waals surface area contributed by atoms with E-state index in [1.807, 2.05) is 0 Å². The molecule has 124 valence electrons. The van der Waals surface area contributed by atoms with Crippen LogP contribution in [0.5, 0.6) is 5.75 Å². The lowest BCUT2D eigenvalue weighted by Crippen LogP contribution is -2.11. The summed E-state index contributed by atoms with van der Waals surface area (Å²) < 4.78 is 44.5. The maximum atomic E-state index is 13.1. The summed E-state index contributed by atoms with van der Waals surface area (Å²) in [5.74, 6) is 0.457. The van der Waals surface area contributed by atoms with Gasteiger partial charge in [-0.05, 0) is 42.0 Å². The van der Waals surface area contributed by atoms with Crippen molar-refractivity contribution in [1.82, 2.24) is 9.97 Å². The third kappa shape index (κ3) is 3.03. The van der Waals surface area contributed by atoms with Crippen LogP contribution in [-0.4, -0.2) is 22.2 Å². The summed E-state index contributed by atoms with van der Waals surface area (Å²) in [6, 6.07) is 10.2. The van der Waals surface area contributed by atoms with Crippen LogP contribution in [0.4, 0.5) is 13.2 Å². The molecule has 0 fully saturated rings. The molecule has 0 amide bonds. The summed E-state index contributed by atoms with van der Waals surface area (Å²) in [5, 5.41) is 10.9. The van der Waals surface area contributed by atoms with Crippen LogP contribution in [0.1, 0.15) is 23.1 Å². The van der Waals surface area contributed by atoms with Crippen LogP contribution in [0.3, 0.4) is 0 Å². The molecule has 1 N–H and O–H groups in total. The van der Waals surface area contributed by atoms with Gasteiger partial charge in [0.2, 0.25) is 0 Å². The number of aromatic nitrogens is 2. The third-order valence-corrected chi connectivity index (χ3v) is 3.60. The predicted octanol–water partition coefficient (Wildman–Crippen LogP) is 3.74. The maximum absolute atomic E-state index is 13.1. The number of halogens is 3. The minimum Gasteiger partial charge on any atom is -0.497 e. The van der Waals surface area contributed by atoms with Gasteiger partial charge in [-0.3, -0.25) is 4.98 Å². The molecule has 0 bridgehead atoms. The zero-order valence-corrected chi connectivity index (χ0v) is 12.6. The van der Waals surface area contributed by atoms with Crippen molar-refractivity contribution in [3.63, 3.8) is 0 Å². The van der Waals surface area contributed by atoms with Gasteiger partial charge in [-0.25, -0.2) is 4.98 Å². The molecule has 2 aromatic heterocycles. The smallest absolute Gasteiger partial charge is 0.433 e. The number of ether oxygens (including phenoxy) is 1. The van der Waals surface area contributed by atoms with Gasteiger partial charge in [0.15, 0.2) is 0 Å². The lowest BCUT2D eigenvalue weighted by Gasteiger charge is -2.16. The molecule has 0 saturated heterocycles. The second-order valence-electron chi connectivity index (χ2n) is 5.13. The van der Waals surface area contributed by atoms with E-state index in [2.05, 4.69) is 9.97 Å². The van der Waals surface area contributed by atoms with E-state index < -0.39 is 18.0 Å². The second-order valence-corrected chi connectivity index (χ2v) is 5.13. The van der Waals surface area contributed by atoms with Crippen molar-refractivity contribution in [2.24, 2.45) is 0 Å². The molecule has 2 heterocycles. The number of aliphatic hydroxyl groups is 1. The van der Waals surface area contributed by atoms with E-state index in [-0.39, 0.29) is 16.8 Å². The molecule has 0 aliphatic carbocycles. The number of hydrogen-bond donors (Lipinski definition) is 1. The van der Waals surface area contributed by atoms with Crippen LogP contribution >= 0.6 is 0 Å². The molecule has 0 radical (unpaired) electrons. The van der Waals surface area contributed by atoms with Crippen LogP contribution in [0.25, 0.3) is 10.9 Å². The highest BCUT2D eigenvalue weighted by atomic mass is 19.4. The van der Waals surface area contributed by atoms with Crippen LogP contribution < -0.4 is 4.74 Å². The molecule has 0 aliphatic heterocycles. The minimum absolute atomic E-state index is 0.0740. The van der Waals surface area contributed by atoms with Crippen molar-refractivity contribution in [2.75, 3.05) is 7.11 Å². The van der Waals surface area contributed by atoms with Crippen LogP contribution in [0, 0.1) is 0 Å². The molecule has 3 rings (SSSR count). The van der Waals surface area contributed by atoms with E-state index in [0.29, 0.717) is 11.1 Å². The summed E-state index contributed by atoms with van der Waals surface area (Å²) in [4.78, 5) is 7.66. The Balaban J connectivity index is 2.26. The van der Waals surface area contributed by atoms with E-state index in [1.165, 1.54) is 25.4 Å². The van der Waals surface area contributed by atoms with Crippen LogP contribution in [-0.2, 0) is 6.18 Å². The number of hydrogen-bond acceptors (Lipinski definition) is 4. The molecule has 1 aromatic carbocycles. The van der Waals surface area contributed by atoms with Gasteiger partial charge in [-0.1, -0.05) is 6.07 Å². The normalized spacial score (nSPS) is 13.0. The van der Waals surface area contributed by atoms with Gasteiger partial charge in [0.1, 0.15) is 17.5 Å². The van der Waals surface area contributed by atoms with E-state index >= 15 is 0 Å². The molecule has 7 heteroatoms. The van der Waals surface area contributed by atoms with Crippen molar-refractivity contribution in [1.29, 1.82) is 0 Å². The largest absolute Gasteiger partial charge is 0.497 e. The van der Waals surface area contributed by atoms with E-state index in [0.717, 1.165) is 6.07 Å². The quantitative estimate of drug-likeness (QED) is 0.793. The Morgan fingerprint density at radius 1 is 1.12 bits per heavy atom. The molecule has 0 spiro atoms. The monoisotopic (exact) mass is 334 g/mol. The zero-order valence-electron chi connectivity index (χ0n) is 12.6. The van der Waals surface area contributed by atoms with Crippen molar-refractivity contribution < 1.29 is 23.0 Å². The number of methoxy groups -OCH3 is 1. The average Bonchev–Trinajstić information content (AvgIpc) is 2.59. The van der Waals surface area contributed by atoms with Gasteiger partial charge in [0.05, 0.1) is 18.3 Å². The number of rotatable bonds is 3. The third-order valence-electron chi connectivity index (χ3n) is 3.60. The summed E-state index contributed by atoms with van der Waals surface area (Å²) in [6.07, 6.45) is -4.47. The Morgan fingerprint density at radius 2 is 1.92 bits per heavy atom. The Morgan fingerprint density at radius 3 is 2.54 bits per heavy atom. The number of pyridine rings is 2. The van der Waals surface area contributed by atoms with E-state index in [9.17, 15) is 18.3 Å². The number of alkyl halides is 3. The van der Waals surface area contributed by atoms with Crippen molar-refractivity contribution >= 4 is 10.9 Å². The Hall–Kier alpha value is -2.67. The van der Waals surface area contributed by atoms with Gasteiger partial charge >= 0.3 is 6.18 Å². The first-order chi connectivity index (χ1) is 11.4. The fraction of sp³-hybridized carbons (Fsp3) is 0.176. The van der Waals surface area contributed by atoms with Gasteiger partial charge in [0.25, 0.3) is 0 Å². The van der Waals surface area contributed by atoms with E-state index in [4.69, 9.17) is 4.74 Å². The molecular formula is C17H13F3N2O2. The molecular weight excluding hydrogens is 321 g/mol. The van der Waals surface area contributed by atoms with Crippen molar-refractivity contribution in [3.05, 3.63) is 65.6 Å². The minimum atomic E-state index is -4.62. The van der Waals surface area contributed by atoms with Gasteiger partial charge in [-0.15, -0.1) is 0 Å². The van der Waals surface area contributed by atoms with Crippen LogP contribution in [0.2, 0.25) is 0 Å². The standard InChI is InChI=1S/C17H13F3N2O2/c1-24-10-5-6-13-11(8-10)12(9-15(22-13)17(18,19)20)16(23)14-4-2-3-7-21-14/h2-9,16,23H,1H3. The van der Waals surface area contributed by atoms with Crippen LogP contribution in [0.15, 0.2) is 48.7 Å². The van der Waals surface area contributed by atoms with E-state index in [1.54, 1.807) is 24.3 Å². The fourth-order valence-corrected chi connectivity index (χ4v) is 2.43. The Kier molecular flexibility index (Phi) is 4.11.